The maximum atomic E-state index is 12.6. The predicted molar refractivity (Wildman–Crippen MR) is 89.5 cm³/mol. The van der Waals surface area contributed by atoms with E-state index in [4.69, 9.17) is 0 Å². The number of aromatic nitrogens is 4. The average molecular weight is 331 g/mol. The zero-order valence-corrected chi connectivity index (χ0v) is 14.2. The van der Waals surface area contributed by atoms with Crippen molar-refractivity contribution in [3.63, 3.8) is 0 Å². The fraction of sp³-hybridized carbons (Fsp3) is 0.500. The summed E-state index contributed by atoms with van der Waals surface area (Å²) in [6.45, 7) is 4.26. The van der Waals surface area contributed by atoms with Gasteiger partial charge in [-0.1, -0.05) is 30.0 Å². The lowest BCUT2D eigenvalue weighted by atomic mass is 9.98. The highest BCUT2D eigenvalue weighted by Gasteiger charge is 2.29. The molecule has 1 aliphatic rings. The normalized spacial score (nSPS) is 21.4. The number of para-hydroxylation sites is 1. The number of carbonyl (C=O) groups excluding carboxylic acids is 1. The average Bonchev–Trinajstić information content (AvgIpc) is 3.02. The summed E-state index contributed by atoms with van der Waals surface area (Å²) in [7, 11) is 0. The molecular formula is C16H21N5OS. The molecule has 1 aromatic heterocycles. The number of benzene rings is 1. The second-order valence-electron chi connectivity index (χ2n) is 5.93. The van der Waals surface area contributed by atoms with Crippen LogP contribution in [0.25, 0.3) is 5.69 Å². The fourth-order valence-electron chi connectivity index (χ4n) is 3.11. The minimum atomic E-state index is 0.164. The van der Waals surface area contributed by atoms with Crippen molar-refractivity contribution in [3.05, 3.63) is 30.3 Å². The van der Waals surface area contributed by atoms with Gasteiger partial charge in [0.2, 0.25) is 11.1 Å². The van der Waals surface area contributed by atoms with Crippen LogP contribution in [0, 0.1) is 0 Å². The minimum absolute atomic E-state index is 0.164. The van der Waals surface area contributed by atoms with Gasteiger partial charge in [-0.25, -0.2) is 0 Å². The van der Waals surface area contributed by atoms with Gasteiger partial charge in [0.25, 0.3) is 0 Å². The van der Waals surface area contributed by atoms with Crippen LogP contribution in [0.15, 0.2) is 35.5 Å². The summed E-state index contributed by atoms with van der Waals surface area (Å²) in [6, 6.07) is 10.3. The van der Waals surface area contributed by atoms with Crippen molar-refractivity contribution in [1.29, 1.82) is 0 Å². The molecule has 2 heterocycles. The van der Waals surface area contributed by atoms with Gasteiger partial charge in [-0.2, -0.15) is 4.68 Å². The Bertz CT molecular complexity index is 650. The molecule has 1 aromatic carbocycles. The Morgan fingerprint density at radius 3 is 2.61 bits per heavy atom. The molecule has 2 atom stereocenters. The van der Waals surface area contributed by atoms with Crippen LogP contribution in [0.4, 0.5) is 0 Å². The summed E-state index contributed by atoms with van der Waals surface area (Å²) in [4.78, 5) is 14.6. The van der Waals surface area contributed by atoms with Crippen LogP contribution >= 0.6 is 11.8 Å². The van der Waals surface area contributed by atoms with Crippen molar-refractivity contribution < 1.29 is 4.79 Å². The van der Waals surface area contributed by atoms with Gasteiger partial charge in [0.05, 0.1) is 11.4 Å². The number of carbonyl (C=O) groups is 1. The molecule has 1 aliphatic heterocycles. The number of hydrogen-bond acceptors (Lipinski definition) is 5. The first-order valence-corrected chi connectivity index (χ1v) is 8.93. The molecule has 1 fully saturated rings. The summed E-state index contributed by atoms with van der Waals surface area (Å²) in [6.07, 6.45) is 3.37. The van der Waals surface area contributed by atoms with Gasteiger partial charge in [-0.3, -0.25) is 4.79 Å². The van der Waals surface area contributed by atoms with Gasteiger partial charge >= 0.3 is 0 Å². The highest BCUT2D eigenvalue weighted by molar-refractivity contribution is 7.99. The van der Waals surface area contributed by atoms with Crippen molar-refractivity contribution in [1.82, 2.24) is 25.1 Å². The van der Waals surface area contributed by atoms with E-state index in [2.05, 4.69) is 29.4 Å². The number of tetrazole rings is 1. The van der Waals surface area contributed by atoms with E-state index in [0.29, 0.717) is 23.0 Å². The van der Waals surface area contributed by atoms with Crippen molar-refractivity contribution in [2.24, 2.45) is 0 Å². The van der Waals surface area contributed by atoms with Crippen LogP contribution in [0.1, 0.15) is 33.1 Å². The molecular weight excluding hydrogens is 310 g/mol. The van der Waals surface area contributed by atoms with E-state index in [1.807, 2.05) is 35.2 Å². The van der Waals surface area contributed by atoms with Gasteiger partial charge in [-0.15, -0.1) is 5.10 Å². The molecule has 1 saturated heterocycles. The lowest BCUT2D eigenvalue weighted by Gasteiger charge is -2.39. The van der Waals surface area contributed by atoms with E-state index >= 15 is 0 Å². The molecule has 0 saturated carbocycles. The molecule has 6 nitrogen and oxygen atoms in total. The van der Waals surface area contributed by atoms with Gasteiger partial charge in [0.15, 0.2) is 0 Å². The third-order valence-electron chi connectivity index (χ3n) is 4.25. The smallest absolute Gasteiger partial charge is 0.233 e. The monoisotopic (exact) mass is 331 g/mol. The van der Waals surface area contributed by atoms with Gasteiger partial charge < -0.3 is 4.90 Å². The van der Waals surface area contributed by atoms with E-state index in [0.717, 1.165) is 18.5 Å². The maximum absolute atomic E-state index is 12.6. The molecule has 0 bridgehead atoms. The SMILES string of the molecule is C[C@@H]1CCC[C@@H](C)N1C(=O)CSc1nnnn1-c1ccccc1. The number of amides is 1. The Labute approximate surface area is 140 Å². The Morgan fingerprint density at radius 1 is 1.22 bits per heavy atom. The third kappa shape index (κ3) is 3.55. The fourth-order valence-corrected chi connectivity index (χ4v) is 3.87. The van der Waals surface area contributed by atoms with Crippen LogP contribution in [0.2, 0.25) is 0 Å². The third-order valence-corrected chi connectivity index (χ3v) is 5.15. The van der Waals surface area contributed by atoms with Gasteiger partial charge in [0.1, 0.15) is 0 Å². The minimum Gasteiger partial charge on any atom is -0.337 e. The Kier molecular flexibility index (Phi) is 4.95. The molecule has 122 valence electrons. The molecule has 1 amide bonds. The second-order valence-corrected chi connectivity index (χ2v) is 6.87. The van der Waals surface area contributed by atoms with Crippen LogP contribution in [0.5, 0.6) is 0 Å². The zero-order valence-electron chi connectivity index (χ0n) is 13.4. The molecule has 0 N–H and O–H groups in total. The second kappa shape index (κ2) is 7.12. The molecule has 0 radical (unpaired) electrons. The summed E-state index contributed by atoms with van der Waals surface area (Å²) in [5, 5.41) is 12.4. The van der Waals surface area contributed by atoms with E-state index in [-0.39, 0.29) is 5.91 Å². The van der Waals surface area contributed by atoms with Crippen molar-refractivity contribution >= 4 is 17.7 Å². The molecule has 7 heteroatoms. The summed E-state index contributed by atoms with van der Waals surface area (Å²) < 4.78 is 1.67. The lowest BCUT2D eigenvalue weighted by Crippen LogP contribution is -2.48. The van der Waals surface area contributed by atoms with Crippen LogP contribution < -0.4 is 0 Å². The Balaban J connectivity index is 1.67. The van der Waals surface area contributed by atoms with Gasteiger partial charge in [-0.05, 0) is 55.7 Å². The topological polar surface area (TPSA) is 63.9 Å². The predicted octanol–water partition coefficient (Wildman–Crippen LogP) is 2.54. The molecule has 3 rings (SSSR count). The molecule has 0 spiro atoms. The van der Waals surface area contributed by atoms with Crippen LogP contribution in [0.3, 0.4) is 0 Å². The largest absolute Gasteiger partial charge is 0.337 e. The lowest BCUT2D eigenvalue weighted by molar-refractivity contribution is -0.134. The van der Waals surface area contributed by atoms with Crippen molar-refractivity contribution in [3.8, 4) is 5.69 Å². The van der Waals surface area contributed by atoms with Crippen molar-refractivity contribution in [2.75, 3.05) is 5.75 Å². The van der Waals surface area contributed by atoms with E-state index in [1.54, 1.807) is 4.68 Å². The van der Waals surface area contributed by atoms with E-state index in [9.17, 15) is 4.79 Å². The first-order chi connectivity index (χ1) is 11.2. The molecule has 0 aliphatic carbocycles. The molecule has 2 aromatic rings. The van der Waals surface area contributed by atoms with Crippen molar-refractivity contribution in [2.45, 2.75) is 50.4 Å². The number of nitrogens with zero attached hydrogens (tertiary/aromatic N) is 5. The Morgan fingerprint density at radius 2 is 1.91 bits per heavy atom. The van der Waals surface area contributed by atoms with Crippen LogP contribution in [-0.2, 0) is 4.79 Å². The summed E-state index contributed by atoms with van der Waals surface area (Å²) in [5.41, 5.74) is 0.896. The van der Waals surface area contributed by atoms with Gasteiger partial charge in [0, 0.05) is 12.1 Å². The number of hydrogen-bond donors (Lipinski definition) is 0. The molecule has 23 heavy (non-hydrogen) atoms. The number of rotatable bonds is 4. The molecule has 0 unspecified atom stereocenters. The van der Waals surface area contributed by atoms with E-state index < -0.39 is 0 Å². The standard InChI is InChI=1S/C16H21N5OS/c1-12-7-6-8-13(2)20(12)15(22)11-23-16-17-18-19-21(16)14-9-4-3-5-10-14/h3-5,9-10,12-13H,6-8,11H2,1-2H3/t12-,13-/m1/s1. The highest BCUT2D eigenvalue weighted by Crippen LogP contribution is 2.25. The van der Waals surface area contributed by atoms with Crippen LogP contribution in [-0.4, -0.2) is 48.9 Å². The Hall–Kier alpha value is -1.89. The first kappa shape index (κ1) is 16.0. The number of piperidine rings is 1. The zero-order chi connectivity index (χ0) is 16.2. The van der Waals surface area contributed by atoms with E-state index in [1.165, 1.54) is 18.2 Å². The quantitative estimate of drug-likeness (QED) is 0.806. The summed E-state index contributed by atoms with van der Waals surface area (Å²) in [5.74, 6) is 0.527. The summed E-state index contributed by atoms with van der Waals surface area (Å²) >= 11 is 1.39. The maximum Gasteiger partial charge on any atom is 0.233 e. The number of likely N-dealkylation sites (tertiary alicyclic amines) is 1. The first-order valence-electron chi connectivity index (χ1n) is 7.94. The number of thioether (sulfide) groups is 1. The highest BCUT2D eigenvalue weighted by atomic mass is 32.2.